The molecule has 1 aromatic heterocycles. The number of nitrogens with zero attached hydrogens (tertiary/aromatic N) is 3. The van der Waals surface area contributed by atoms with E-state index >= 15 is 0 Å². The normalized spacial score (nSPS) is 10.8. The molecule has 0 aliphatic rings. The van der Waals surface area contributed by atoms with Crippen molar-refractivity contribution in [2.75, 3.05) is 0 Å². The molecule has 0 atom stereocenters. The van der Waals surface area contributed by atoms with Gasteiger partial charge in [0.15, 0.2) is 0 Å². The van der Waals surface area contributed by atoms with Crippen LogP contribution in [0.2, 0.25) is 0 Å². The third kappa shape index (κ3) is 3.41. The fraction of sp³-hybridized carbons (Fsp3) is 0. The Balaban J connectivity index is 1.72. The first-order valence-electron chi connectivity index (χ1n) is 7.07. The van der Waals surface area contributed by atoms with Crippen LogP contribution >= 0.6 is 0 Å². The van der Waals surface area contributed by atoms with Crippen LogP contribution in [0.3, 0.4) is 0 Å². The van der Waals surface area contributed by atoms with Crippen molar-refractivity contribution in [3.63, 3.8) is 0 Å². The van der Waals surface area contributed by atoms with Crippen LogP contribution in [0, 0.1) is 10.1 Å². The second kappa shape index (κ2) is 6.66. The van der Waals surface area contributed by atoms with Gasteiger partial charge in [0.2, 0.25) is 0 Å². The zero-order valence-electron chi connectivity index (χ0n) is 12.4. The smallest absolute Gasteiger partial charge is 0.266 e. The van der Waals surface area contributed by atoms with E-state index in [9.17, 15) is 14.9 Å². The van der Waals surface area contributed by atoms with Gasteiger partial charge in [-0.05, 0) is 12.1 Å². The predicted octanol–water partition coefficient (Wildman–Crippen LogP) is 2.91. The molecule has 0 saturated carbocycles. The average molecular weight is 320 g/mol. The fourth-order valence-electron chi connectivity index (χ4n) is 2.13. The molecule has 0 aliphatic carbocycles. The van der Waals surface area contributed by atoms with Gasteiger partial charge in [0.25, 0.3) is 11.6 Å². The number of hydrogen-bond acceptors (Lipinski definition) is 5. The van der Waals surface area contributed by atoms with E-state index in [-0.39, 0.29) is 11.4 Å². The molecule has 3 aromatic rings. The van der Waals surface area contributed by atoms with Gasteiger partial charge in [-0.1, -0.05) is 36.4 Å². The molecule has 0 saturated heterocycles. The number of benzene rings is 2. The van der Waals surface area contributed by atoms with Gasteiger partial charge in [-0.25, -0.2) is 10.4 Å². The van der Waals surface area contributed by atoms with E-state index in [4.69, 9.17) is 0 Å². The summed E-state index contributed by atoms with van der Waals surface area (Å²) < 4.78 is 0. The molecule has 118 valence electrons. The quantitative estimate of drug-likeness (QED) is 0.454. The van der Waals surface area contributed by atoms with Crippen molar-refractivity contribution in [1.82, 2.24) is 10.4 Å². The van der Waals surface area contributed by atoms with Gasteiger partial charge >= 0.3 is 0 Å². The van der Waals surface area contributed by atoms with Gasteiger partial charge in [0, 0.05) is 23.1 Å². The minimum absolute atomic E-state index is 0.0403. The summed E-state index contributed by atoms with van der Waals surface area (Å²) in [7, 11) is 0. The third-order valence-corrected chi connectivity index (χ3v) is 3.29. The van der Waals surface area contributed by atoms with E-state index < -0.39 is 10.8 Å². The molecule has 0 unspecified atom stereocenters. The molecule has 24 heavy (non-hydrogen) atoms. The Morgan fingerprint density at radius 3 is 2.79 bits per heavy atom. The highest BCUT2D eigenvalue weighted by atomic mass is 16.6. The summed E-state index contributed by atoms with van der Waals surface area (Å²) in [6.45, 7) is 0. The number of aromatic nitrogens is 1. The van der Waals surface area contributed by atoms with Gasteiger partial charge in [0.1, 0.15) is 5.69 Å². The molecule has 2 aromatic carbocycles. The van der Waals surface area contributed by atoms with Crippen LogP contribution in [0.25, 0.3) is 10.9 Å². The lowest BCUT2D eigenvalue weighted by Crippen LogP contribution is -2.18. The van der Waals surface area contributed by atoms with E-state index in [1.54, 1.807) is 18.2 Å². The summed E-state index contributed by atoms with van der Waals surface area (Å²) in [5.74, 6) is -0.456. The number of nitro benzene ring substituents is 1. The summed E-state index contributed by atoms with van der Waals surface area (Å²) in [6, 6.07) is 16.8. The lowest BCUT2D eigenvalue weighted by atomic mass is 10.2. The van der Waals surface area contributed by atoms with Crippen LogP contribution in [-0.4, -0.2) is 22.0 Å². The van der Waals surface area contributed by atoms with Crippen molar-refractivity contribution in [2.45, 2.75) is 0 Å². The zero-order valence-corrected chi connectivity index (χ0v) is 12.4. The molecule has 1 heterocycles. The van der Waals surface area contributed by atoms with Gasteiger partial charge in [-0.2, -0.15) is 5.10 Å². The maximum atomic E-state index is 12.1. The Hall–Kier alpha value is -3.61. The van der Waals surface area contributed by atoms with Crippen LogP contribution in [0.15, 0.2) is 65.8 Å². The van der Waals surface area contributed by atoms with Gasteiger partial charge in [-0.3, -0.25) is 14.9 Å². The minimum atomic E-state index is -0.491. The molecule has 0 fully saturated rings. The van der Waals surface area contributed by atoms with E-state index in [1.165, 1.54) is 18.3 Å². The summed E-state index contributed by atoms with van der Waals surface area (Å²) >= 11 is 0. The van der Waals surface area contributed by atoms with Crippen LogP contribution in [0.1, 0.15) is 16.1 Å². The van der Waals surface area contributed by atoms with E-state index in [0.29, 0.717) is 11.1 Å². The fourth-order valence-corrected chi connectivity index (χ4v) is 2.13. The number of nitrogens with one attached hydrogen (secondary N) is 1. The first-order chi connectivity index (χ1) is 11.6. The number of non-ortho nitro benzene ring substituents is 1. The predicted molar refractivity (Wildman–Crippen MR) is 89.9 cm³/mol. The minimum Gasteiger partial charge on any atom is -0.266 e. The average Bonchev–Trinajstić information content (AvgIpc) is 2.61. The Kier molecular flexibility index (Phi) is 4.24. The molecular formula is C17H12N4O3. The summed E-state index contributed by atoms with van der Waals surface area (Å²) in [5.41, 5.74) is 3.79. The number of hydrogen-bond donors (Lipinski definition) is 1. The summed E-state index contributed by atoms with van der Waals surface area (Å²) in [4.78, 5) is 26.5. The molecule has 1 N–H and O–H groups in total. The number of carbonyl (C=O) groups is 1. The monoisotopic (exact) mass is 320 g/mol. The highest BCUT2D eigenvalue weighted by Crippen LogP contribution is 2.12. The largest absolute Gasteiger partial charge is 0.289 e. The molecule has 0 aliphatic heterocycles. The molecule has 7 nitrogen and oxygen atoms in total. The Morgan fingerprint density at radius 2 is 1.96 bits per heavy atom. The van der Waals surface area contributed by atoms with Crippen LogP contribution < -0.4 is 5.43 Å². The van der Waals surface area contributed by atoms with Crippen molar-refractivity contribution < 1.29 is 9.72 Å². The second-order valence-electron chi connectivity index (χ2n) is 4.94. The van der Waals surface area contributed by atoms with Gasteiger partial charge < -0.3 is 0 Å². The summed E-state index contributed by atoms with van der Waals surface area (Å²) in [6.07, 6.45) is 1.34. The molecule has 7 heteroatoms. The first-order valence-corrected chi connectivity index (χ1v) is 7.07. The lowest BCUT2D eigenvalue weighted by molar-refractivity contribution is -0.384. The number of para-hydroxylation sites is 1. The van der Waals surface area contributed by atoms with Crippen molar-refractivity contribution in [3.05, 3.63) is 82.0 Å². The molecular weight excluding hydrogens is 308 g/mol. The topological polar surface area (TPSA) is 97.5 Å². The van der Waals surface area contributed by atoms with Crippen molar-refractivity contribution >= 4 is 28.7 Å². The number of fused-ring (bicyclic) bond motifs is 1. The van der Waals surface area contributed by atoms with Crippen molar-refractivity contribution in [1.29, 1.82) is 0 Å². The van der Waals surface area contributed by atoms with Crippen LogP contribution in [0.5, 0.6) is 0 Å². The van der Waals surface area contributed by atoms with Crippen molar-refractivity contribution in [3.8, 4) is 0 Å². The zero-order chi connectivity index (χ0) is 16.9. The molecule has 3 rings (SSSR count). The number of amides is 1. The maximum absolute atomic E-state index is 12.1. The third-order valence-electron chi connectivity index (χ3n) is 3.29. The van der Waals surface area contributed by atoms with Gasteiger partial charge in [-0.15, -0.1) is 0 Å². The Labute approximate surface area is 136 Å². The second-order valence-corrected chi connectivity index (χ2v) is 4.94. The number of hydrazone groups is 1. The Morgan fingerprint density at radius 1 is 1.12 bits per heavy atom. The van der Waals surface area contributed by atoms with Crippen molar-refractivity contribution in [2.24, 2.45) is 5.10 Å². The van der Waals surface area contributed by atoms with Gasteiger partial charge in [0.05, 0.1) is 16.7 Å². The van der Waals surface area contributed by atoms with Crippen LogP contribution in [0.4, 0.5) is 5.69 Å². The molecule has 1 amide bonds. The van der Waals surface area contributed by atoms with Crippen LogP contribution in [-0.2, 0) is 0 Å². The molecule has 0 spiro atoms. The maximum Gasteiger partial charge on any atom is 0.289 e. The first kappa shape index (κ1) is 15.3. The molecule has 0 radical (unpaired) electrons. The highest BCUT2D eigenvalue weighted by Gasteiger charge is 2.07. The number of pyridine rings is 1. The SMILES string of the molecule is O=C(NN=Cc1cccc([N+](=O)[O-])c1)c1ccc2ccccc2n1. The number of carbonyl (C=O) groups excluding carboxylic acids is 1. The van der Waals surface area contributed by atoms with E-state index in [2.05, 4.69) is 15.5 Å². The number of rotatable bonds is 4. The highest BCUT2D eigenvalue weighted by molar-refractivity contribution is 5.95. The standard InChI is InChI=1S/C17H12N4O3/c22-17(16-9-8-13-5-1-2-7-15(13)19-16)20-18-11-12-4-3-6-14(10-12)21(23)24/h1-11H,(H,20,22). The Bertz CT molecular complexity index is 953. The number of nitro groups is 1. The van der Waals surface area contributed by atoms with E-state index in [0.717, 1.165) is 5.39 Å². The lowest BCUT2D eigenvalue weighted by Gasteiger charge is -2.01. The molecule has 0 bridgehead atoms. The van der Waals surface area contributed by atoms with E-state index in [1.807, 2.05) is 30.3 Å². The summed E-state index contributed by atoms with van der Waals surface area (Å²) in [5, 5.41) is 15.5.